The minimum atomic E-state index is -0.476. The maximum Gasteiger partial charge on any atom is 0.340 e. The van der Waals surface area contributed by atoms with Crippen LogP contribution < -0.4 is 5.32 Å². The minimum Gasteiger partial charge on any atom is -0.434 e. The van der Waals surface area contributed by atoms with Gasteiger partial charge in [-0.25, -0.2) is 9.78 Å². The number of nitrogens with zero attached hydrogens (tertiary/aromatic N) is 1. The van der Waals surface area contributed by atoms with E-state index in [1.54, 1.807) is 6.07 Å². The van der Waals surface area contributed by atoms with Gasteiger partial charge in [-0.1, -0.05) is 48.0 Å². The summed E-state index contributed by atoms with van der Waals surface area (Å²) in [6.45, 7) is 2.06. The van der Waals surface area contributed by atoms with Crippen molar-refractivity contribution in [3.8, 4) is 11.3 Å². The summed E-state index contributed by atoms with van der Waals surface area (Å²) in [5.41, 5.74) is 4.67. The summed E-state index contributed by atoms with van der Waals surface area (Å²) in [6, 6.07) is 15.6. The quantitative estimate of drug-likeness (QED) is 0.726. The van der Waals surface area contributed by atoms with Crippen LogP contribution >= 0.6 is 11.3 Å². The first-order chi connectivity index (χ1) is 11.2. The summed E-state index contributed by atoms with van der Waals surface area (Å²) in [6.07, 6.45) is -0.476. The van der Waals surface area contributed by atoms with E-state index in [1.807, 2.05) is 23.6 Å². The molecule has 0 amide bonds. The van der Waals surface area contributed by atoms with Crippen molar-refractivity contribution in [1.82, 2.24) is 4.98 Å². The number of fused-ring (bicyclic) bond motifs is 1. The molecule has 0 radical (unpaired) electrons. The molecular weight excluding hydrogens is 308 g/mol. The van der Waals surface area contributed by atoms with Crippen LogP contribution in [0, 0.1) is 6.92 Å². The average molecular weight is 322 g/mol. The lowest BCUT2D eigenvalue weighted by Gasteiger charge is -2.11. The van der Waals surface area contributed by atoms with E-state index in [1.165, 1.54) is 16.9 Å². The fourth-order valence-corrected chi connectivity index (χ4v) is 3.30. The van der Waals surface area contributed by atoms with Gasteiger partial charge in [0.05, 0.1) is 11.3 Å². The van der Waals surface area contributed by atoms with Crippen LogP contribution in [0.3, 0.4) is 0 Å². The molecule has 1 atom stereocenters. The number of benzene rings is 2. The number of thiazole rings is 1. The largest absolute Gasteiger partial charge is 0.434 e. The molecule has 5 heteroatoms. The van der Waals surface area contributed by atoms with Gasteiger partial charge in [0.25, 0.3) is 0 Å². The Morgan fingerprint density at radius 3 is 2.74 bits per heavy atom. The summed E-state index contributed by atoms with van der Waals surface area (Å²) < 4.78 is 5.38. The normalized spacial score (nSPS) is 16.0. The molecule has 1 aliphatic rings. The molecule has 0 fully saturated rings. The average Bonchev–Trinajstić information content (AvgIpc) is 3.15. The number of nitrogens with one attached hydrogen (secondary N) is 1. The van der Waals surface area contributed by atoms with E-state index in [4.69, 9.17) is 4.74 Å². The second-order valence-corrected chi connectivity index (χ2v) is 6.28. The Morgan fingerprint density at radius 1 is 1.13 bits per heavy atom. The number of esters is 1. The van der Waals surface area contributed by atoms with Crippen molar-refractivity contribution in [2.75, 3.05) is 5.32 Å². The van der Waals surface area contributed by atoms with Gasteiger partial charge >= 0.3 is 5.97 Å². The van der Waals surface area contributed by atoms with Gasteiger partial charge in [-0.2, -0.15) is 0 Å². The first kappa shape index (κ1) is 14.0. The Labute approximate surface area is 137 Å². The zero-order valence-corrected chi connectivity index (χ0v) is 13.3. The molecule has 1 aromatic heterocycles. The van der Waals surface area contributed by atoms with Gasteiger partial charge in [0, 0.05) is 16.5 Å². The van der Waals surface area contributed by atoms with E-state index in [9.17, 15) is 4.79 Å². The fraction of sp³-hybridized carbons (Fsp3) is 0.111. The smallest absolute Gasteiger partial charge is 0.340 e. The third kappa shape index (κ3) is 2.59. The Hall–Kier alpha value is -2.66. The van der Waals surface area contributed by atoms with E-state index in [0.717, 1.165) is 22.0 Å². The highest BCUT2D eigenvalue weighted by molar-refractivity contribution is 7.14. The highest BCUT2D eigenvalue weighted by atomic mass is 32.1. The standard InChI is InChI=1S/C18H14N2O2S/c1-11-6-8-12(9-7-11)15-10-23-18(19-15)20-16-13-4-2-3-5-14(13)17(21)22-16/h2-10,16H,1H3,(H,19,20)/t16-/m0/s1. The zero-order valence-electron chi connectivity index (χ0n) is 12.4. The van der Waals surface area contributed by atoms with Crippen LogP contribution in [0.15, 0.2) is 53.9 Å². The summed E-state index contributed by atoms with van der Waals surface area (Å²) in [5.74, 6) is -0.298. The van der Waals surface area contributed by atoms with Crippen molar-refractivity contribution >= 4 is 22.4 Å². The van der Waals surface area contributed by atoms with Crippen LogP contribution in [0.5, 0.6) is 0 Å². The van der Waals surface area contributed by atoms with Crippen LogP contribution in [0.1, 0.15) is 27.7 Å². The summed E-state index contributed by atoms with van der Waals surface area (Å²) in [5, 5.41) is 5.92. The van der Waals surface area contributed by atoms with Crippen LogP contribution in [-0.2, 0) is 4.74 Å². The molecule has 0 saturated carbocycles. The van der Waals surface area contributed by atoms with Gasteiger partial charge in [0.1, 0.15) is 0 Å². The fourth-order valence-electron chi connectivity index (χ4n) is 2.56. The molecule has 0 unspecified atom stereocenters. The number of carbonyl (C=O) groups is 1. The maximum absolute atomic E-state index is 11.8. The SMILES string of the molecule is Cc1ccc(-c2csc(N[C@H]3OC(=O)c4ccccc43)n2)cc1. The summed E-state index contributed by atoms with van der Waals surface area (Å²) in [4.78, 5) is 16.4. The Balaban J connectivity index is 1.57. The van der Waals surface area contributed by atoms with Gasteiger partial charge < -0.3 is 10.1 Å². The number of cyclic esters (lactones) is 1. The van der Waals surface area contributed by atoms with Crippen molar-refractivity contribution in [3.63, 3.8) is 0 Å². The number of rotatable bonds is 3. The van der Waals surface area contributed by atoms with Gasteiger partial charge in [-0.05, 0) is 13.0 Å². The molecule has 4 rings (SSSR count). The zero-order chi connectivity index (χ0) is 15.8. The van der Waals surface area contributed by atoms with Crippen molar-refractivity contribution in [2.45, 2.75) is 13.2 Å². The predicted octanol–water partition coefficient (Wildman–Crippen LogP) is 4.40. The molecular formula is C18H14N2O2S. The number of hydrogen-bond acceptors (Lipinski definition) is 5. The highest BCUT2D eigenvalue weighted by Crippen LogP contribution is 2.33. The maximum atomic E-state index is 11.8. The lowest BCUT2D eigenvalue weighted by Crippen LogP contribution is -2.09. The molecule has 0 aliphatic carbocycles. The number of anilines is 1. The Kier molecular flexibility index (Phi) is 3.35. The topological polar surface area (TPSA) is 51.2 Å². The third-order valence-corrected chi connectivity index (χ3v) is 4.57. The first-order valence-corrected chi connectivity index (χ1v) is 8.18. The van der Waals surface area contributed by atoms with E-state index < -0.39 is 6.23 Å². The van der Waals surface area contributed by atoms with Crippen molar-refractivity contribution in [2.24, 2.45) is 0 Å². The summed E-state index contributed by atoms with van der Waals surface area (Å²) in [7, 11) is 0. The van der Waals surface area contributed by atoms with E-state index in [-0.39, 0.29) is 5.97 Å². The Morgan fingerprint density at radius 2 is 1.91 bits per heavy atom. The molecule has 0 saturated heterocycles. The van der Waals surface area contributed by atoms with E-state index in [2.05, 4.69) is 41.5 Å². The van der Waals surface area contributed by atoms with Gasteiger partial charge in [-0.15, -0.1) is 11.3 Å². The van der Waals surface area contributed by atoms with Crippen molar-refractivity contribution in [1.29, 1.82) is 0 Å². The van der Waals surface area contributed by atoms with E-state index >= 15 is 0 Å². The van der Waals surface area contributed by atoms with Gasteiger partial charge in [0.15, 0.2) is 5.13 Å². The van der Waals surface area contributed by atoms with Crippen LogP contribution in [0.4, 0.5) is 5.13 Å². The van der Waals surface area contributed by atoms with Crippen LogP contribution in [-0.4, -0.2) is 11.0 Å². The van der Waals surface area contributed by atoms with Crippen LogP contribution in [0.2, 0.25) is 0 Å². The third-order valence-electron chi connectivity index (χ3n) is 3.79. The molecule has 2 aromatic carbocycles. The number of hydrogen-bond donors (Lipinski definition) is 1. The highest BCUT2D eigenvalue weighted by Gasteiger charge is 2.30. The second kappa shape index (κ2) is 5.52. The number of aryl methyl sites for hydroxylation is 1. The molecule has 23 heavy (non-hydrogen) atoms. The molecule has 2 heterocycles. The molecule has 0 bridgehead atoms. The predicted molar refractivity (Wildman–Crippen MR) is 90.5 cm³/mol. The van der Waals surface area contributed by atoms with Crippen molar-refractivity contribution in [3.05, 3.63) is 70.6 Å². The van der Waals surface area contributed by atoms with Crippen LogP contribution in [0.25, 0.3) is 11.3 Å². The number of carbonyl (C=O) groups excluding carboxylic acids is 1. The lowest BCUT2D eigenvalue weighted by atomic mass is 10.1. The molecule has 114 valence electrons. The lowest BCUT2D eigenvalue weighted by molar-refractivity contribution is 0.0437. The molecule has 1 aliphatic heterocycles. The molecule has 1 N–H and O–H groups in total. The van der Waals surface area contributed by atoms with Gasteiger partial charge in [-0.3, -0.25) is 0 Å². The molecule has 0 spiro atoms. The van der Waals surface area contributed by atoms with E-state index in [0.29, 0.717) is 5.56 Å². The molecule has 3 aromatic rings. The number of aromatic nitrogens is 1. The van der Waals surface area contributed by atoms with Crippen molar-refractivity contribution < 1.29 is 9.53 Å². The second-order valence-electron chi connectivity index (χ2n) is 5.42. The summed E-state index contributed by atoms with van der Waals surface area (Å²) >= 11 is 1.50. The Bertz CT molecular complexity index is 871. The monoisotopic (exact) mass is 322 g/mol. The first-order valence-electron chi connectivity index (χ1n) is 7.30. The molecule has 4 nitrogen and oxygen atoms in total. The number of ether oxygens (including phenoxy) is 1. The minimum absolute atomic E-state index is 0.298. The van der Waals surface area contributed by atoms with Gasteiger partial charge in [0.2, 0.25) is 6.23 Å².